The maximum absolute atomic E-state index is 12.3. The third-order valence-electron chi connectivity index (χ3n) is 4.09. The smallest absolute Gasteiger partial charge is 0.240 e. The van der Waals surface area contributed by atoms with Gasteiger partial charge in [-0.05, 0) is 30.2 Å². The van der Waals surface area contributed by atoms with Crippen LogP contribution in [0.25, 0.3) is 0 Å². The molecule has 0 atom stereocenters. The number of hydrogen-bond acceptors (Lipinski definition) is 4. The van der Waals surface area contributed by atoms with Gasteiger partial charge in [0.05, 0.1) is 0 Å². The molecular formula is C19H20N2O4. The highest BCUT2D eigenvalue weighted by Gasteiger charge is 2.20. The summed E-state index contributed by atoms with van der Waals surface area (Å²) < 4.78 is 10.6. The van der Waals surface area contributed by atoms with E-state index < -0.39 is 0 Å². The summed E-state index contributed by atoms with van der Waals surface area (Å²) in [6.07, 6.45) is 0. The average molecular weight is 340 g/mol. The molecular weight excluding hydrogens is 320 g/mol. The van der Waals surface area contributed by atoms with Gasteiger partial charge in [-0.25, -0.2) is 0 Å². The monoisotopic (exact) mass is 340 g/mol. The summed E-state index contributed by atoms with van der Waals surface area (Å²) in [5, 5.41) is 2.86. The second-order valence-corrected chi connectivity index (χ2v) is 5.85. The highest BCUT2D eigenvalue weighted by molar-refractivity contribution is 5.97. The Morgan fingerprint density at radius 1 is 1.12 bits per heavy atom. The Hall–Kier alpha value is -3.02. The Bertz CT molecular complexity index is 804. The molecule has 0 saturated carbocycles. The van der Waals surface area contributed by atoms with Gasteiger partial charge in [0.1, 0.15) is 6.54 Å². The number of carbonyl (C=O) groups excluding carboxylic acids is 2. The quantitative estimate of drug-likeness (QED) is 0.907. The van der Waals surface area contributed by atoms with Gasteiger partial charge in [0.25, 0.3) is 0 Å². The van der Waals surface area contributed by atoms with Crippen molar-refractivity contribution in [1.82, 2.24) is 5.32 Å². The number of carbonyl (C=O) groups is 2. The van der Waals surface area contributed by atoms with E-state index in [2.05, 4.69) is 5.32 Å². The van der Waals surface area contributed by atoms with Gasteiger partial charge in [-0.2, -0.15) is 0 Å². The molecule has 6 heteroatoms. The van der Waals surface area contributed by atoms with E-state index in [1.165, 1.54) is 11.8 Å². The lowest BCUT2D eigenvalue weighted by atomic mass is 10.1. The zero-order chi connectivity index (χ0) is 17.8. The van der Waals surface area contributed by atoms with Crippen LogP contribution in [0.2, 0.25) is 0 Å². The topological polar surface area (TPSA) is 67.9 Å². The molecule has 0 aromatic heterocycles. The van der Waals surface area contributed by atoms with Crippen LogP contribution in [0.5, 0.6) is 11.5 Å². The molecule has 0 aliphatic carbocycles. The third kappa shape index (κ3) is 3.91. The van der Waals surface area contributed by atoms with Crippen LogP contribution in [0.3, 0.4) is 0 Å². The van der Waals surface area contributed by atoms with Gasteiger partial charge in [0.15, 0.2) is 11.5 Å². The highest BCUT2D eigenvalue weighted by atomic mass is 16.7. The third-order valence-corrected chi connectivity index (χ3v) is 4.09. The number of fused-ring (bicyclic) bond motifs is 1. The summed E-state index contributed by atoms with van der Waals surface area (Å²) in [4.78, 5) is 25.7. The van der Waals surface area contributed by atoms with E-state index in [9.17, 15) is 9.59 Å². The molecule has 3 rings (SSSR count). The highest BCUT2D eigenvalue weighted by Crippen LogP contribution is 2.35. The van der Waals surface area contributed by atoms with Crippen LogP contribution in [0.15, 0.2) is 42.5 Å². The molecule has 0 radical (unpaired) electrons. The number of nitrogens with zero attached hydrogens (tertiary/aromatic N) is 1. The maximum Gasteiger partial charge on any atom is 0.240 e. The lowest BCUT2D eigenvalue weighted by Crippen LogP contribution is -2.39. The van der Waals surface area contributed by atoms with Gasteiger partial charge < -0.3 is 19.7 Å². The van der Waals surface area contributed by atoms with Crippen LogP contribution in [-0.4, -0.2) is 25.2 Å². The molecule has 0 bridgehead atoms. The number of nitrogens with one attached hydrogen (secondary N) is 1. The fourth-order valence-electron chi connectivity index (χ4n) is 2.64. The summed E-state index contributed by atoms with van der Waals surface area (Å²) in [6, 6.07) is 13.0. The zero-order valence-corrected chi connectivity index (χ0v) is 14.2. The van der Waals surface area contributed by atoms with Crippen LogP contribution < -0.4 is 19.7 Å². The van der Waals surface area contributed by atoms with Crippen molar-refractivity contribution in [2.24, 2.45) is 0 Å². The van der Waals surface area contributed by atoms with Crippen LogP contribution in [0.4, 0.5) is 5.69 Å². The van der Waals surface area contributed by atoms with Crippen molar-refractivity contribution < 1.29 is 19.1 Å². The lowest BCUT2D eigenvalue weighted by Gasteiger charge is -2.21. The van der Waals surface area contributed by atoms with Crippen molar-refractivity contribution in [3.05, 3.63) is 53.6 Å². The molecule has 6 nitrogen and oxygen atoms in total. The van der Waals surface area contributed by atoms with Gasteiger partial charge in [-0.1, -0.05) is 24.3 Å². The van der Waals surface area contributed by atoms with Gasteiger partial charge in [0, 0.05) is 25.2 Å². The second-order valence-electron chi connectivity index (χ2n) is 5.85. The Kier molecular flexibility index (Phi) is 4.88. The first-order valence-electron chi connectivity index (χ1n) is 8.03. The minimum Gasteiger partial charge on any atom is -0.454 e. The number of ether oxygens (including phenoxy) is 2. The van der Waals surface area contributed by atoms with E-state index >= 15 is 0 Å². The summed E-state index contributed by atoms with van der Waals surface area (Å²) in [6.45, 7) is 3.96. The number of benzene rings is 2. The van der Waals surface area contributed by atoms with Crippen molar-refractivity contribution in [2.45, 2.75) is 20.4 Å². The number of rotatable bonds is 5. The summed E-state index contributed by atoms with van der Waals surface area (Å²) in [7, 11) is 0. The molecule has 2 aromatic rings. The fraction of sp³-hybridized carbons (Fsp3) is 0.263. The molecule has 0 unspecified atom stereocenters. The molecule has 1 aliphatic heterocycles. The maximum atomic E-state index is 12.3. The largest absolute Gasteiger partial charge is 0.454 e. The van der Waals surface area contributed by atoms with Gasteiger partial charge in [-0.3, -0.25) is 9.59 Å². The molecule has 0 fully saturated rings. The molecule has 130 valence electrons. The van der Waals surface area contributed by atoms with Crippen molar-refractivity contribution >= 4 is 17.5 Å². The molecule has 1 N–H and O–H groups in total. The van der Waals surface area contributed by atoms with Crippen molar-refractivity contribution in [3.8, 4) is 11.5 Å². The van der Waals surface area contributed by atoms with Gasteiger partial charge in [0.2, 0.25) is 18.6 Å². The number of aryl methyl sites for hydroxylation is 1. The van der Waals surface area contributed by atoms with Crippen LogP contribution in [0.1, 0.15) is 18.1 Å². The molecule has 0 saturated heterocycles. The fourth-order valence-corrected chi connectivity index (χ4v) is 2.64. The van der Waals surface area contributed by atoms with E-state index in [1.807, 2.05) is 31.2 Å². The van der Waals surface area contributed by atoms with E-state index in [0.717, 1.165) is 11.1 Å². The van der Waals surface area contributed by atoms with Crippen LogP contribution >= 0.6 is 0 Å². The first kappa shape index (κ1) is 16.8. The molecule has 1 heterocycles. The second kappa shape index (κ2) is 7.25. The predicted octanol–water partition coefficient (Wildman–Crippen LogP) is 2.39. The molecule has 1 aliphatic rings. The number of hydrogen-bond donors (Lipinski definition) is 1. The van der Waals surface area contributed by atoms with E-state index in [4.69, 9.17) is 9.47 Å². The van der Waals surface area contributed by atoms with Gasteiger partial charge in [-0.15, -0.1) is 0 Å². The van der Waals surface area contributed by atoms with E-state index in [1.54, 1.807) is 18.2 Å². The van der Waals surface area contributed by atoms with Crippen molar-refractivity contribution in [3.63, 3.8) is 0 Å². The first-order valence-corrected chi connectivity index (χ1v) is 8.03. The number of amides is 2. The normalized spacial score (nSPS) is 11.9. The summed E-state index contributed by atoms with van der Waals surface area (Å²) in [5.41, 5.74) is 2.76. The first-order chi connectivity index (χ1) is 12.0. The van der Waals surface area contributed by atoms with Gasteiger partial charge >= 0.3 is 0 Å². The summed E-state index contributed by atoms with van der Waals surface area (Å²) >= 11 is 0. The predicted molar refractivity (Wildman–Crippen MR) is 93.6 cm³/mol. The molecule has 0 spiro atoms. The van der Waals surface area contributed by atoms with Crippen molar-refractivity contribution in [1.29, 1.82) is 0 Å². The SMILES string of the molecule is CC(=O)N(CC(=O)NCc1ccccc1C)c1ccc2c(c1)OCO2. The molecule has 2 aromatic carbocycles. The minimum absolute atomic E-state index is 0.0547. The minimum atomic E-state index is -0.226. The Morgan fingerprint density at radius 2 is 1.88 bits per heavy atom. The Labute approximate surface area is 146 Å². The number of anilines is 1. The van der Waals surface area contributed by atoms with Crippen molar-refractivity contribution in [2.75, 3.05) is 18.2 Å². The molecule has 25 heavy (non-hydrogen) atoms. The average Bonchev–Trinajstić information content (AvgIpc) is 3.06. The Morgan fingerprint density at radius 3 is 2.64 bits per heavy atom. The van der Waals surface area contributed by atoms with Crippen LogP contribution in [0, 0.1) is 6.92 Å². The zero-order valence-electron chi connectivity index (χ0n) is 14.2. The molecule has 2 amide bonds. The van der Waals surface area contributed by atoms with Crippen LogP contribution in [-0.2, 0) is 16.1 Å². The van der Waals surface area contributed by atoms with E-state index in [0.29, 0.717) is 23.7 Å². The Balaban J connectivity index is 1.66. The lowest BCUT2D eigenvalue weighted by molar-refractivity contribution is -0.123. The summed E-state index contributed by atoms with van der Waals surface area (Å²) in [5.74, 6) is 0.765. The van der Waals surface area contributed by atoms with E-state index in [-0.39, 0.29) is 25.2 Å². The standard InChI is InChI=1S/C19H20N2O4/c1-13-5-3-4-6-15(13)10-20-19(23)11-21(14(2)22)16-7-8-17-18(9-16)25-12-24-17/h3-9H,10-12H2,1-2H3,(H,20,23).